The number of benzene rings is 1. The van der Waals surface area contributed by atoms with Crippen LogP contribution in [0.2, 0.25) is 5.02 Å². The summed E-state index contributed by atoms with van der Waals surface area (Å²) in [4.78, 5) is 11.5. The van der Waals surface area contributed by atoms with Gasteiger partial charge in [-0.15, -0.1) is 0 Å². The van der Waals surface area contributed by atoms with Crippen molar-refractivity contribution in [3.63, 3.8) is 0 Å². The van der Waals surface area contributed by atoms with Crippen LogP contribution in [0.1, 0.15) is 13.8 Å². The predicted molar refractivity (Wildman–Crippen MR) is 70.2 cm³/mol. The molecule has 17 heavy (non-hydrogen) atoms. The number of anilines is 2. The molecule has 0 spiro atoms. The van der Waals surface area contributed by atoms with Crippen LogP contribution in [0.3, 0.4) is 0 Å². The first-order valence-electron chi connectivity index (χ1n) is 5.41. The van der Waals surface area contributed by atoms with E-state index in [-0.39, 0.29) is 12.5 Å². The maximum Gasteiger partial charge on any atom is 0.250 e. The highest BCUT2D eigenvalue weighted by Gasteiger charge is 2.04. The summed E-state index contributed by atoms with van der Waals surface area (Å²) in [6.45, 7) is 4.66. The van der Waals surface area contributed by atoms with E-state index >= 15 is 0 Å². The van der Waals surface area contributed by atoms with E-state index in [0.717, 1.165) is 0 Å². The lowest BCUT2D eigenvalue weighted by Gasteiger charge is -2.08. The van der Waals surface area contributed by atoms with Crippen molar-refractivity contribution in [2.24, 2.45) is 5.92 Å². The highest BCUT2D eigenvalue weighted by atomic mass is 35.5. The molecular weight excluding hydrogens is 240 g/mol. The standard InChI is InChI=1S/C12H17ClN2O2/c1-8(2)6-17-7-12(16)15-9-3-4-10(13)11(14)5-9/h3-5,8H,6-7,14H2,1-2H3,(H,15,16). The van der Waals surface area contributed by atoms with Gasteiger partial charge in [0.2, 0.25) is 5.91 Å². The highest BCUT2D eigenvalue weighted by molar-refractivity contribution is 6.33. The van der Waals surface area contributed by atoms with Crippen LogP contribution in [0.15, 0.2) is 18.2 Å². The average molecular weight is 257 g/mol. The number of carbonyl (C=O) groups is 1. The average Bonchev–Trinajstić information content (AvgIpc) is 2.23. The summed E-state index contributed by atoms with van der Waals surface area (Å²) in [5, 5.41) is 3.15. The number of hydrogen-bond donors (Lipinski definition) is 2. The van der Waals surface area contributed by atoms with E-state index in [0.29, 0.717) is 28.9 Å². The summed E-state index contributed by atoms with van der Waals surface area (Å²) in [7, 11) is 0. The molecule has 0 aliphatic heterocycles. The van der Waals surface area contributed by atoms with Crippen molar-refractivity contribution >= 4 is 28.9 Å². The number of carbonyl (C=O) groups excluding carboxylic acids is 1. The van der Waals surface area contributed by atoms with Crippen LogP contribution in [0.5, 0.6) is 0 Å². The van der Waals surface area contributed by atoms with Crippen molar-refractivity contribution in [2.75, 3.05) is 24.3 Å². The summed E-state index contributed by atoms with van der Waals surface area (Å²) in [5.74, 6) is 0.210. The Morgan fingerprint density at radius 3 is 2.82 bits per heavy atom. The lowest BCUT2D eigenvalue weighted by molar-refractivity contribution is -0.120. The molecule has 0 saturated heterocycles. The minimum atomic E-state index is -0.202. The Bertz CT molecular complexity index is 394. The maximum absolute atomic E-state index is 11.5. The molecule has 0 atom stereocenters. The molecule has 0 fully saturated rings. The minimum Gasteiger partial charge on any atom is -0.397 e. The predicted octanol–water partition coefficient (Wildman–Crippen LogP) is 2.53. The molecule has 0 aliphatic carbocycles. The van der Waals surface area contributed by atoms with Crippen LogP contribution in [0, 0.1) is 5.92 Å². The van der Waals surface area contributed by atoms with Crippen molar-refractivity contribution in [1.82, 2.24) is 0 Å². The fourth-order valence-electron chi connectivity index (χ4n) is 1.21. The van der Waals surface area contributed by atoms with Gasteiger partial charge in [-0.25, -0.2) is 0 Å². The van der Waals surface area contributed by atoms with Gasteiger partial charge < -0.3 is 15.8 Å². The van der Waals surface area contributed by atoms with Gasteiger partial charge >= 0.3 is 0 Å². The minimum absolute atomic E-state index is 0.0424. The normalized spacial score (nSPS) is 10.6. The van der Waals surface area contributed by atoms with Gasteiger partial charge in [-0.3, -0.25) is 4.79 Å². The summed E-state index contributed by atoms with van der Waals surface area (Å²) in [6, 6.07) is 4.95. The molecule has 0 aromatic heterocycles. The second kappa shape index (κ2) is 6.47. The smallest absolute Gasteiger partial charge is 0.250 e. The molecule has 3 N–H and O–H groups in total. The van der Waals surface area contributed by atoms with Crippen molar-refractivity contribution in [2.45, 2.75) is 13.8 Å². The van der Waals surface area contributed by atoms with Crippen LogP contribution in [-0.2, 0) is 9.53 Å². The van der Waals surface area contributed by atoms with E-state index < -0.39 is 0 Å². The van der Waals surface area contributed by atoms with E-state index in [1.165, 1.54) is 0 Å². The van der Waals surface area contributed by atoms with Gasteiger partial charge in [-0.2, -0.15) is 0 Å². The monoisotopic (exact) mass is 256 g/mol. The molecular formula is C12H17ClN2O2. The van der Waals surface area contributed by atoms with Gasteiger partial charge in [0, 0.05) is 12.3 Å². The lowest BCUT2D eigenvalue weighted by Crippen LogP contribution is -2.19. The van der Waals surface area contributed by atoms with E-state index in [1.54, 1.807) is 18.2 Å². The third-order valence-electron chi connectivity index (χ3n) is 1.96. The van der Waals surface area contributed by atoms with E-state index in [9.17, 15) is 4.79 Å². The molecule has 0 heterocycles. The molecule has 0 unspecified atom stereocenters. The van der Waals surface area contributed by atoms with E-state index in [1.807, 2.05) is 13.8 Å². The van der Waals surface area contributed by atoms with Gasteiger partial charge in [0.15, 0.2) is 0 Å². The van der Waals surface area contributed by atoms with Crippen molar-refractivity contribution in [3.05, 3.63) is 23.2 Å². The van der Waals surface area contributed by atoms with Gasteiger partial charge in [0.1, 0.15) is 6.61 Å². The van der Waals surface area contributed by atoms with Crippen LogP contribution in [0.25, 0.3) is 0 Å². The zero-order valence-corrected chi connectivity index (χ0v) is 10.8. The molecule has 1 aromatic rings. The van der Waals surface area contributed by atoms with Crippen molar-refractivity contribution in [1.29, 1.82) is 0 Å². The number of rotatable bonds is 5. The highest BCUT2D eigenvalue weighted by Crippen LogP contribution is 2.22. The number of halogens is 1. The summed E-state index contributed by atoms with van der Waals surface area (Å²) < 4.78 is 5.21. The zero-order chi connectivity index (χ0) is 12.8. The molecule has 0 radical (unpaired) electrons. The number of ether oxygens (including phenoxy) is 1. The fraction of sp³-hybridized carbons (Fsp3) is 0.417. The second-order valence-corrected chi connectivity index (χ2v) is 4.60. The summed E-state index contributed by atoms with van der Waals surface area (Å²) >= 11 is 5.77. The molecule has 4 nitrogen and oxygen atoms in total. The summed E-state index contributed by atoms with van der Waals surface area (Å²) in [5.41, 5.74) is 6.68. The molecule has 1 amide bonds. The molecule has 0 aliphatic rings. The first kappa shape index (κ1) is 13.8. The van der Waals surface area contributed by atoms with Crippen LogP contribution in [0.4, 0.5) is 11.4 Å². The molecule has 0 bridgehead atoms. The Labute approximate surface area is 106 Å². The third kappa shape index (κ3) is 5.06. The zero-order valence-electron chi connectivity index (χ0n) is 10.00. The number of amides is 1. The first-order valence-corrected chi connectivity index (χ1v) is 5.79. The molecule has 1 aromatic carbocycles. The van der Waals surface area contributed by atoms with Gasteiger partial charge in [-0.1, -0.05) is 25.4 Å². The summed E-state index contributed by atoms with van der Waals surface area (Å²) in [6.07, 6.45) is 0. The van der Waals surface area contributed by atoms with Crippen LogP contribution in [-0.4, -0.2) is 19.1 Å². The third-order valence-corrected chi connectivity index (χ3v) is 2.31. The fourth-order valence-corrected chi connectivity index (χ4v) is 1.32. The van der Waals surface area contributed by atoms with Gasteiger partial charge in [0.05, 0.1) is 10.7 Å². The SMILES string of the molecule is CC(C)COCC(=O)Nc1ccc(Cl)c(N)c1. The number of hydrogen-bond acceptors (Lipinski definition) is 3. The van der Waals surface area contributed by atoms with Crippen LogP contribution >= 0.6 is 11.6 Å². The number of nitrogens with two attached hydrogens (primary N) is 1. The lowest BCUT2D eigenvalue weighted by atomic mass is 10.2. The van der Waals surface area contributed by atoms with E-state index in [2.05, 4.69) is 5.32 Å². The van der Waals surface area contributed by atoms with Gasteiger partial charge in [-0.05, 0) is 24.1 Å². The Morgan fingerprint density at radius 1 is 1.53 bits per heavy atom. The molecule has 1 rings (SSSR count). The first-order chi connectivity index (χ1) is 7.99. The van der Waals surface area contributed by atoms with E-state index in [4.69, 9.17) is 22.1 Å². The Hall–Kier alpha value is -1.26. The van der Waals surface area contributed by atoms with Crippen molar-refractivity contribution in [3.8, 4) is 0 Å². The molecule has 0 saturated carbocycles. The number of nitrogen functional groups attached to an aromatic ring is 1. The Kier molecular flexibility index (Phi) is 5.25. The number of nitrogens with one attached hydrogen (secondary N) is 1. The topological polar surface area (TPSA) is 64.3 Å². The Morgan fingerprint density at radius 2 is 2.24 bits per heavy atom. The van der Waals surface area contributed by atoms with Crippen molar-refractivity contribution < 1.29 is 9.53 Å². The maximum atomic E-state index is 11.5. The van der Waals surface area contributed by atoms with Crippen LogP contribution < -0.4 is 11.1 Å². The second-order valence-electron chi connectivity index (χ2n) is 4.19. The quantitative estimate of drug-likeness (QED) is 0.796. The molecule has 5 heteroatoms. The Balaban J connectivity index is 2.42. The van der Waals surface area contributed by atoms with Gasteiger partial charge in [0.25, 0.3) is 0 Å². The molecule has 94 valence electrons. The largest absolute Gasteiger partial charge is 0.397 e.